The lowest BCUT2D eigenvalue weighted by molar-refractivity contribution is -0.211. The number of fused-ring (bicyclic) bond motifs is 1. The second-order valence-electron chi connectivity index (χ2n) is 3.12. The molecule has 2 aromatic rings. The lowest BCUT2D eigenvalue weighted by atomic mass is 10.3. The molecule has 1 N–H and O–H groups in total. The molecule has 0 bridgehead atoms. The largest absolute Gasteiger partial charge is 0.566 e. The zero-order valence-corrected chi connectivity index (χ0v) is 11.7. The molecule has 2 unspecified atom stereocenters. The van der Waals surface area contributed by atoms with Crippen molar-refractivity contribution < 1.29 is 28.0 Å². The van der Waals surface area contributed by atoms with Crippen LogP contribution < -0.4 is 15.1 Å². The molecule has 2 rings (SSSR count). The van der Waals surface area contributed by atoms with E-state index in [2.05, 4.69) is 19.3 Å². The van der Waals surface area contributed by atoms with Crippen molar-refractivity contribution in [3.8, 4) is 0 Å². The van der Waals surface area contributed by atoms with Crippen LogP contribution in [0.3, 0.4) is 0 Å². The predicted molar refractivity (Wildman–Crippen MR) is 64.4 cm³/mol. The van der Waals surface area contributed by atoms with Crippen LogP contribution in [0.2, 0.25) is 0 Å². The Morgan fingerprint density at radius 3 is 2.42 bits per heavy atom. The van der Waals surface area contributed by atoms with E-state index in [1.165, 1.54) is 11.3 Å². The molecular weight excluding hydrogens is 314 g/mol. The average molecular weight is 320 g/mol. The molecule has 8 nitrogen and oxygen atoms in total. The minimum atomic E-state index is -3.27. The van der Waals surface area contributed by atoms with Crippen molar-refractivity contribution in [3.63, 3.8) is 0 Å². The standard InChI is InChI=1S/C8H6N2O6P2S/c11-17(12)15-8(16-18(13)14)10-7-9-5-3-1-2-4-6(5)19-7/h1-4,8H,(H,9,10). The third-order valence-corrected chi connectivity index (χ3v) is 3.59. The molecule has 0 radical (unpaired) electrons. The van der Waals surface area contributed by atoms with E-state index in [-0.39, 0.29) is 5.13 Å². The molecular formula is C8H6N2O6P2S. The van der Waals surface area contributed by atoms with Crippen LogP contribution in [0.1, 0.15) is 0 Å². The highest BCUT2D eigenvalue weighted by Crippen LogP contribution is 2.29. The van der Waals surface area contributed by atoms with Crippen LogP contribution in [0.4, 0.5) is 5.13 Å². The molecule has 0 aliphatic carbocycles. The Labute approximate surface area is 112 Å². The minimum absolute atomic E-state index is 0.278. The number of nitrogens with zero attached hydrogens (tertiary/aromatic N) is 1. The van der Waals surface area contributed by atoms with E-state index in [1.54, 1.807) is 12.1 Å². The summed E-state index contributed by atoms with van der Waals surface area (Å²) >= 11 is 1.20. The monoisotopic (exact) mass is 320 g/mol. The van der Waals surface area contributed by atoms with Crippen LogP contribution in [0.15, 0.2) is 24.3 Å². The van der Waals surface area contributed by atoms with Gasteiger partial charge in [-0.05, 0) is 21.3 Å². The Balaban J connectivity index is 2.15. The number of thiazole rings is 1. The van der Waals surface area contributed by atoms with Gasteiger partial charge in [-0.25, -0.2) is 4.98 Å². The summed E-state index contributed by atoms with van der Waals surface area (Å²) in [5.41, 5.74) is 0.687. The summed E-state index contributed by atoms with van der Waals surface area (Å²) in [6.07, 6.45) is -1.66. The van der Waals surface area contributed by atoms with Crippen LogP contribution in [0, 0.1) is 0 Å². The number of hydrogen-bond acceptors (Lipinski definition) is 9. The summed E-state index contributed by atoms with van der Waals surface area (Å²) in [7, 11) is -6.54. The first-order valence-corrected chi connectivity index (χ1v) is 7.80. The first-order chi connectivity index (χ1) is 9.04. The van der Waals surface area contributed by atoms with Crippen molar-refractivity contribution in [1.29, 1.82) is 0 Å². The Morgan fingerprint density at radius 2 is 1.84 bits per heavy atom. The van der Waals surface area contributed by atoms with Crippen molar-refractivity contribution in [2.24, 2.45) is 0 Å². The summed E-state index contributed by atoms with van der Waals surface area (Å²) in [6.45, 7) is 0. The molecule has 100 valence electrons. The van der Waals surface area contributed by atoms with Gasteiger partial charge in [-0.3, -0.25) is 0 Å². The van der Waals surface area contributed by atoms with Gasteiger partial charge in [-0.2, -0.15) is 0 Å². The maximum Gasteiger partial charge on any atom is 0.493 e. The molecule has 0 spiro atoms. The number of hydrogen-bond donors (Lipinski definition) is 1. The Morgan fingerprint density at radius 1 is 1.21 bits per heavy atom. The molecule has 1 aromatic heterocycles. The van der Waals surface area contributed by atoms with E-state index in [1.807, 2.05) is 12.1 Å². The Bertz CT molecular complexity index is 571. The average Bonchev–Trinajstić information content (AvgIpc) is 2.68. The number of anilines is 1. The lowest BCUT2D eigenvalue weighted by Gasteiger charge is -2.06. The zero-order chi connectivity index (χ0) is 13.8. The summed E-state index contributed by atoms with van der Waals surface area (Å²) in [6, 6.07) is 7.18. The van der Waals surface area contributed by atoms with Crippen molar-refractivity contribution >= 4 is 43.2 Å². The maximum atomic E-state index is 10.4. The summed E-state index contributed by atoms with van der Waals surface area (Å²) in [4.78, 5) is 25.0. The molecule has 19 heavy (non-hydrogen) atoms. The Kier molecular flexibility index (Phi) is 4.84. The number of rotatable bonds is 6. The van der Waals surface area contributed by atoms with Gasteiger partial charge in [0.25, 0.3) is 0 Å². The van der Waals surface area contributed by atoms with Crippen molar-refractivity contribution in [2.45, 2.75) is 6.41 Å². The summed E-state index contributed by atoms with van der Waals surface area (Å²) < 4.78 is 30.2. The van der Waals surface area contributed by atoms with Gasteiger partial charge < -0.3 is 15.1 Å². The fourth-order valence-electron chi connectivity index (χ4n) is 1.26. The fraction of sp³-hybridized carbons (Fsp3) is 0.125. The summed E-state index contributed by atoms with van der Waals surface area (Å²) in [5.74, 6) is 0. The van der Waals surface area contributed by atoms with Crippen LogP contribution in [-0.2, 0) is 18.2 Å². The topological polar surface area (TPSA) is 124 Å². The van der Waals surface area contributed by atoms with Gasteiger partial charge in [0.2, 0.25) is 0 Å². The molecule has 0 saturated heterocycles. The van der Waals surface area contributed by atoms with Gasteiger partial charge in [0.05, 0.1) is 10.2 Å². The minimum Gasteiger partial charge on any atom is -0.566 e. The van der Waals surface area contributed by atoms with Gasteiger partial charge in [0.15, 0.2) is 5.13 Å². The van der Waals surface area contributed by atoms with Crippen molar-refractivity contribution in [3.05, 3.63) is 24.3 Å². The van der Waals surface area contributed by atoms with Crippen LogP contribution in [0.5, 0.6) is 0 Å². The number of para-hydroxylation sites is 1. The second-order valence-corrected chi connectivity index (χ2v) is 5.47. The maximum absolute atomic E-state index is 10.4. The third-order valence-electron chi connectivity index (χ3n) is 1.90. The van der Waals surface area contributed by atoms with Gasteiger partial charge in [0.1, 0.15) is 0 Å². The highest BCUT2D eigenvalue weighted by Gasteiger charge is 2.26. The van der Waals surface area contributed by atoms with E-state index in [0.29, 0.717) is 5.52 Å². The molecule has 0 aliphatic heterocycles. The van der Waals surface area contributed by atoms with Crippen LogP contribution in [0.25, 0.3) is 10.2 Å². The quantitative estimate of drug-likeness (QED) is 0.619. The van der Waals surface area contributed by atoms with E-state index in [0.717, 1.165) is 4.70 Å². The van der Waals surface area contributed by atoms with Gasteiger partial charge >= 0.3 is 22.9 Å². The Hall–Kier alpha value is -1.05. The smallest absolute Gasteiger partial charge is 0.493 e. The third kappa shape index (κ3) is 4.22. The molecule has 0 amide bonds. The van der Waals surface area contributed by atoms with E-state index in [4.69, 9.17) is 0 Å². The number of aromatic nitrogens is 1. The molecule has 2 atom stereocenters. The molecule has 0 fully saturated rings. The SMILES string of the molecule is O=[P+]([O-])OC(Nc1nc2ccccc2s1)O[P+](=O)[O-]. The highest BCUT2D eigenvalue weighted by atomic mass is 32.1. The molecule has 1 aromatic carbocycles. The van der Waals surface area contributed by atoms with E-state index in [9.17, 15) is 18.9 Å². The first-order valence-electron chi connectivity index (χ1n) is 4.79. The fourth-order valence-corrected chi connectivity index (χ4v) is 2.71. The summed E-state index contributed by atoms with van der Waals surface area (Å²) in [5, 5.41) is 2.70. The van der Waals surface area contributed by atoms with Gasteiger partial charge in [-0.15, -0.1) is 0 Å². The second kappa shape index (κ2) is 6.40. The van der Waals surface area contributed by atoms with Crippen molar-refractivity contribution in [2.75, 3.05) is 5.32 Å². The molecule has 0 saturated carbocycles. The van der Waals surface area contributed by atoms with Crippen LogP contribution in [-0.4, -0.2) is 11.4 Å². The molecule has 1 heterocycles. The van der Waals surface area contributed by atoms with Gasteiger partial charge in [-0.1, -0.05) is 32.5 Å². The zero-order valence-electron chi connectivity index (χ0n) is 9.09. The van der Waals surface area contributed by atoms with Crippen LogP contribution >= 0.6 is 27.8 Å². The highest BCUT2D eigenvalue weighted by molar-refractivity contribution is 7.31. The first kappa shape index (κ1) is 14.4. The lowest BCUT2D eigenvalue weighted by Crippen LogP contribution is -2.23. The van der Waals surface area contributed by atoms with E-state index < -0.39 is 22.9 Å². The van der Waals surface area contributed by atoms with Gasteiger partial charge in [0, 0.05) is 0 Å². The van der Waals surface area contributed by atoms with Crippen molar-refractivity contribution in [1.82, 2.24) is 4.98 Å². The number of benzene rings is 1. The van der Waals surface area contributed by atoms with E-state index >= 15 is 0 Å². The normalized spacial score (nSPS) is 14.2. The molecule has 11 heteroatoms. The molecule has 0 aliphatic rings. The number of nitrogens with one attached hydrogen (secondary N) is 1. The predicted octanol–water partition coefficient (Wildman–Crippen LogP) is 1.06.